The van der Waals surface area contributed by atoms with Crippen LogP contribution in [0.2, 0.25) is 10.6 Å². The molecule has 0 aliphatic carbocycles. The van der Waals surface area contributed by atoms with Crippen molar-refractivity contribution in [2.24, 2.45) is 0 Å². The van der Waals surface area contributed by atoms with E-state index in [1.807, 2.05) is 0 Å². The van der Waals surface area contributed by atoms with Gasteiger partial charge in [-0.05, 0) is 0 Å². The van der Waals surface area contributed by atoms with Gasteiger partial charge in [-0.2, -0.15) is 0 Å². The molecule has 1 saturated heterocycles. The predicted molar refractivity (Wildman–Crippen MR) is 82.7 cm³/mol. The van der Waals surface area contributed by atoms with Crippen LogP contribution in [0.4, 0.5) is 5.82 Å². The molecule has 4 atom stereocenters. The average Bonchev–Trinajstić information content (AvgIpc) is 3.09. The van der Waals surface area contributed by atoms with Crippen molar-refractivity contribution in [1.29, 1.82) is 0 Å². The zero-order chi connectivity index (χ0) is 16.4. The van der Waals surface area contributed by atoms with Gasteiger partial charge in [0.25, 0.3) is 0 Å². The molecule has 0 bridgehead atoms. The number of aliphatic hydroxyl groups excluding tert-OH is 3. The van der Waals surface area contributed by atoms with E-state index >= 15 is 0 Å². The van der Waals surface area contributed by atoms with Crippen LogP contribution in [0.25, 0.3) is 11.2 Å². The number of rotatable bonds is 6. The molecule has 23 heavy (non-hydrogen) atoms. The first-order valence-electron chi connectivity index (χ1n) is 7.26. The first-order chi connectivity index (χ1) is 11.1. The van der Waals surface area contributed by atoms with Gasteiger partial charge in [-0.3, -0.25) is 0 Å². The minimum atomic E-state index is -1.07. The molecule has 0 unspecified atom stereocenters. The molecule has 1 aliphatic rings. The fourth-order valence-electron chi connectivity index (χ4n) is 2.52. The summed E-state index contributed by atoms with van der Waals surface area (Å²) in [6.45, 7) is 0.170. The third kappa shape index (κ3) is 3.18. The van der Waals surface area contributed by atoms with Crippen LogP contribution < -0.4 is 5.73 Å². The Balaban J connectivity index is 1.76. The van der Waals surface area contributed by atoms with E-state index in [2.05, 4.69) is 15.0 Å². The predicted octanol–water partition coefficient (Wildman–Crippen LogP) is -1.05. The SMILES string of the molecule is Nc1ncnc2c1ncn2[C@@H]1O[C@H](C[Se]CCCO)[C@@H](O)[C@H]1O. The quantitative estimate of drug-likeness (QED) is 0.363. The zero-order valence-corrected chi connectivity index (χ0v) is 14.0. The van der Waals surface area contributed by atoms with Crippen molar-refractivity contribution in [3.63, 3.8) is 0 Å². The molecule has 0 spiro atoms. The molecule has 0 amide bonds. The standard InChI is InChI=1S/C13H19N5O4Se/c14-11-8-12(16-5-15-11)18(6-17-8)13-10(21)9(20)7(22-13)4-23-3-1-2-19/h5-7,9-10,13,19-21H,1-4H2,(H2,14,15,16)/t7-,9-,10-,13-/m1/s1. The van der Waals surface area contributed by atoms with E-state index in [1.54, 1.807) is 4.57 Å². The van der Waals surface area contributed by atoms with Crippen molar-refractivity contribution >= 4 is 31.9 Å². The molecule has 9 nitrogen and oxygen atoms in total. The number of fused-ring (bicyclic) bond motifs is 1. The fraction of sp³-hybridized carbons (Fsp3) is 0.615. The van der Waals surface area contributed by atoms with Gasteiger partial charge in [-0.1, -0.05) is 0 Å². The Kier molecular flexibility index (Phi) is 5.10. The Bertz CT molecular complexity index is 669. The maximum atomic E-state index is 10.3. The summed E-state index contributed by atoms with van der Waals surface area (Å²) in [6.07, 6.45) is 0.318. The van der Waals surface area contributed by atoms with Gasteiger partial charge in [0.1, 0.15) is 0 Å². The number of aromatic nitrogens is 4. The van der Waals surface area contributed by atoms with Crippen molar-refractivity contribution in [1.82, 2.24) is 19.5 Å². The first-order valence-corrected chi connectivity index (χ1v) is 9.69. The Hall–Kier alpha value is -1.29. The average molecular weight is 388 g/mol. The van der Waals surface area contributed by atoms with Crippen LogP contribution >= 0.6 is 0 Å². The maximum absolute atomic E-state index is 10.3. The Labute approximate surface area is 138 Å². The van der Waals surface area contributed by atoms with E-state index < -0.39 is 24.5 Å². The van der Waals surface area contributed by atoms with Crippen LogP contribution in [0.3, 0.4) is 0 Å². The van der Waals surface area contributed by atoms with Crippen LogP contribution in [0.5, 0.6) is 0 Å². The van der Waals surface area contributed by atoms with Crippen molar-refractivity contribution in [3.8, 4) is 0 Å². The molecule has 126 valence electrons. The number of nitrogens with two attached hydrogens (primary N) is 1. The van der Waals surface area contributed by atoms with E-state index in [-0.39, 0.29) is 27.4 Å². The van der Waals surface area contributed by atoms with E-state index in [1.165, 1.54) is 12.7 Å². The van der Waals surface area contributed by atoms with Crippen molar-refractivity contribution < 1.29 is 20.1 Å². The molecule has 5 N–H and O–H groups in total. The van der Waals surface area contributed by atoms with Crippen LogP contribution in [0.15, 0.2) is 12.7 Å². The summed E-state index contributed by atoms with van der Waals surface area (Å²) in [5, 5.41) is 30.9. The number of nitrogens with zero attached hydrogens (tertiary/aromatic N) is 4. The topological polar surface area (TPSA) is 140 Å². The number of aliphatic hydroxyl groups is 3. The van der Waals surface area contributed by atoms with Crippen LogP contribution in [-0.2, 0) is 4.74 Å². The number of ether oxygens (including phenoxy) is 1. The fourth-order valence-corrected chi connectivity index (χ4v) is 4.63. The molecule has 2 aromatic heterocycles. The second-order valence-corrected chi connectivity index (χ2v) is 7.69. The minimum absolute atomic E-state index is 0.170. The van der Waals surface area contributed by atoms with Gasteiger partial charge >= 0.3 is 138 Å². The van der Waals surface area contributed by atoms with Gasteiger partial charge in [0.15, 0.2) is 0 Å². The monoisotopic (exact) mass is 389 g/mol. The Morgan fingerprint density at radius 2 is 2.09 bits per heavy atom. The number of hydrogen-bond donors (Lipinski definition) is 4. The van der Waals surface area contributed by atoms with Gasteiger partial charge in [-0.25, -0.2) is 0 Å². The molecule has 2 aromatic rings. The summed E-state index contributed by atoms with van der Waals surface area (Å²) in [6, 6.07) is 0. The first kappa shape index (κ1) is 16.6. The van der Waals surface area contributed by atoms with Gasteiger partial charge < -0.3 is 0 Å². The molecule has 1 fully saturated rings. The zero-order valence-electron chi connectivity index (χ0n) is 12.3. The Morgan fingerprint density at radius 1 is 1.26 bits per heavy atom. The summed E-state index contributed by atoms with van der Waals surface area (Å²) < 4.78 is 7.40. The van der Waals surface area contributed by atoms with E-state index in [0.29, 0.717) is 16.5 Å². The summed E-state index contributed by atoms with van der Waals surface area (Å²) in [4.78, 5) is 12.2. The van der Waals surface area contributed by atoms with Crippen LogP contribution in [-0.4, -0.2) is 74.7 Å². The molecule has 0 radical (unpaired) electrons. The van der Waals surface area contributed by atoms with Crippen molar-refractivity contribution in [2.45, 2.75) is 41.6 Å². The number of hydrogen-bond acceptors (Lipinski definition) is 8. The molecule has 3 rings (SSSR count). The van der Waals surface area contributed by atoms with Gasteiger partial charge in [0, 0.05) is 0 Å². The second kappa shape index (κ2) is 7.08. The third-order valence-corrected chi connectivity index (χ3v) is 6.12. The van der Waals surface area contributed by atoms with Crippen molar-refractivity contribution in [3.05, 3.63) is 12.7 Å². The molecule has 0 saturated carbocycles. The normalized spacial score (nSPS) is 27.8. The van der Waals surface area contributed by atoms with E-state index in [4.69, 9.17) is 15.6 Å². The number of anilines is 1. The van der Waals surface area contributed by atoms with Crippen LogP contribution in [0, 0.1) is 0 Å². The molecule has 3 heterocycles. The van der Waals surface area contributed by atoms with E-state index in [9.17, 15) is 10.2 Å². The van der Waals surface area contributed by atoms with E-state index in [0.717, 1.165) is 11.7 Å². The van der Waals surface area contributed by atoms with Gasteiger partial charge in [0.2, 0.25) is 0 Å². The summed E-state index contributed by atoms with van der Waals surface area (Å²) in [5.41, 5.74) is 6.65. The molecular weight excluding hydrogens is 369 g/mol. The second-order valence-electron chi connectivity index (χ2n) is 5.28. The number of imidazole rings is 1. The summed E-state index contributed by atoms with van der Waals surface area (Å²) >= 11 is 0.243. The molecule has 10 heteroatoms. The molecule has 0 aromatic carbocycles. The van der Waals surface area contributed by atoms with Gasteiger partial charge in [0.05, 0.1) is 0 Å². The summed E-state index contributed by atoms with van der Waals surface area (Å²) in [7, 11) is 0. The molecule has 1 aliphatic heterocycles. The third-order valence-electron chi connectivity index (χ3n) is 3.73. The van der Waals surface area contributed by atoms with Gasteiger partial charge in [-0.15, -0.1) is 0 Å². The molecular formula is C13H19N5O4Se. The van der Waals surface area contributed by atoms with Crippen LogP contribution in [0.1, 0.15) is 12.6 Å². The number of nitrogen functional groups attached to an aromatic ring is 1. The Morgan fingerprint density at radius 3 is 2.87 bits per heavy atom. The van der Waals surface area contributed by atoms with Crippen molar-refractivity contribution in [2.75, 3.05) is 12.3 Å². The summed E-state index contributed by atoms with van der Waals surface area (Å²) in [5.74, 6) is 0.255.